The third kappa shape index (κ3) is 5.54. The fourth-order valence-electron chi connectivity index (χ4n) is 0.966. The van der Waals surface area contributed by atoms with E-state index >= 15 is 0 Å². The van der Waals surface area contributed by atoms with Gasteiger partial charge in [-0.1, -0.05) is 56.0 Å². The molecule has 0 saturated carbocycles. The van der Waals surface area contributed by atoms with Crippen LogP contribution in [0.25, 0.3) is 0 Å². The van der Waals surface area contributed by atoms with Gasteiger partial charge in [0, 0.05) is 0 Å². The molecule has 0 atom stereocenters. The van der Waals surface area contributed by atoms with E-state index in [1.54, 1.807) is 0 Å². The molecule has 2 rings (SSSR count). The smallest absolute Gasteiger partial charge is 0.0115 e. The van der Waals surface area contributed by atoms with Gasteiger partial charge in [-0.25, -0.2) is 0 Å². The zero-order valence-electron chi connectivity index (χ0n) is 8.62. The summed E-state index contributed by atoms with van der Waals surface area (Å²) < 4.78 is 0. The molecule has 0 aromatic heterocycles. The molecule has 0 radical (unpaired) electrons. The van der Waals surface area contributed by atoms with E-state index in [-0.39, 0.29) is 7.43 Å². The highest BCUT2D eigenvalue weighted by Gasteiger charge is 1.83. The molecular weight excluding hydrogens is 180 g/mol. The van der Waals surface area contributed by atoms with E-state index in [9.17, 15) is 0 Å². The molecule has 0 aliphatic rings. The van der Waals surface area contributed by atoms with Crippen molar-refractivity contribution < 1.29 is 0 Å². The van der Waals surface area contributed by atoms with E-state index in [1.165, 1.54) is 11.1 Å². The Morgan fingerprint density at radius 1 is 0.733 bits per heavy atom. The highest BCUT2D eigenvalue weighted by Crippen LogP contribution is 2.02. The van der Waals surface area contributed by atoms with Gasteiger partial charge < -0.3 is 0 Å². The van der Waals surface area contributed by atoms with E-state index in [4.69, 9.17) is 0 Å². The van der Waals surface area contributed by atoms with Crippen LogP contribution in [-0.4, -0.2) is 0 Å². The monoisotopic (exact) mass is 198 g/mol. The molecule has 0 saturated heterocycles. The number of benzene rings is 1. The molecule has 0 aliphatic carbocycles. The van der Waals surface area contributed by atoms with Crippen molar-refractivity contribution in [2.75, 3.05) is 0 Å². The molecule has 0 N–H and O–H groups in total. The SMILES string of the molecule is C.Cc1ccccc1C.c1ccccc#1. The summed E-state index contributed by atoms with van der Waals surface area (Å²) in [5, 5.41) is 0. The topological polar surface area (TPSA) is 0 Å². The van der Waals surface area contributed by atoms with Gasteiger partial charge in [-0.3, -0.25) is 0 Å². The van der Waals surface area contributed by atoms with E-state index in [1.807, 2.05) is 24.3 Å². The third-order valence-electron chi connectivity index (χ3n) is 1.98. The standard InChI is InChI=1S/C8H10.C6H4.CH4/c1-7-5-3-4-6-8(7)2;1-2-4-6-5-3-1;/h3-6H,1-2H3;1-4H;1H4. The Labute approximate surface area is 93.6 Å². The molecule has 0 nitrogen and oxygen atoms in total. The molecule has 0 spiro atoms. The van der Waals surface area contributed by atoms with Gasteiger partial charge in [-0.15, -0.1) is 0 Å². The minimum absolute atomic E-state index is 0. The minimum Gasteiger partial charge on any atom is -0.0776 e. The van der Waals surface area contributed by atoms with Gasteiger partial charge in [0.2, 0.25) is 0 Å². The first kappa shape index (κ1) is 13.3. The zero-order valence-corrected chi connectivity index (χ0v) is 8.62. The Hall–Kier alpha value is -1.74. The van der Waals surface area contributed by atoms with Crippen LogP contribution in [0.2, 0.25) is 0 Å². The number of hydrogen-bond acceptors (Lipinski definition) is 0. The fraction of sp³-hybridized carbons (Fsp3) is 0.200. The van der Waals surface area contributed by atoms with Crippen LogP contribution in [0.5, 0.6) is 0 Å². The number of aryl methyl sites for hydroxylation is 2. The van der Waals surface area contributed by atoms with E-state index in [0.717, 1.165) is 0 Å². The Morgan fingerprint density at radius 3 is 1.33 bits per heavy atom. The van der Waals surface area contributed by atoms with Crippen LogP contribution < -0.4 is 0 Å². The van der Waals surface area contributed by atoms with Crippen LogP contribution in [0.3, 0.4) is 0 Å². The second-order valence-electron chi connectivity index (χ2n) is 3.09. The summed E-state index contributed by atoms with van der Waals surface area (Å²) in [5.41, 5.74) is 2.74. The van der Waals surface area contributed by atoms with Gasteiger partial charge in [0.1, 0.15) is 0 Å². The molecular formula is C15H18. The third-order valence-corrected chi connectivity index (χ3v) is 1.98. The summed E-state index contributed by atoms with van der Waals surface area (Å²) >= 11 is 0. The van der Waals surface area contributed by atoms with Gasteiger partial charge >= 0.3 is 0 Å². The van der Waals surface area contributed by atoms with Crippen LogP contribution >= 0.6 is 0 Å². The first-order chi connectivity index (χ1) is 6.80. The van der Waals surface area contributed by atoms with Gasteiger partial charge in [-0.2, -0.15) is 0 Å². The van der Waals surface area contributed by atoms with Gasteiger partial charge in [0.15, 0.2) is 0 Å². The molecule has 0 aliphatic heterocycles. The van der Waals surface area contributed by atoms with Crippen molar-refractivity contribution in [2.24, 2.45) is 0 Å². The molecule has 0 heterocycles. The Bertz CT molecular complexity index is 302. The van der Waals surface area contributed by atoms with Gasteiger partial charge in [0.05, 0.1) is 0 Å². The van der Waals surface area contributed by atoms with Gasteiger partial charge in [0.25, 0.3) is 0 Å². The molecule has 2 aromatic carbocycles. The number of rotatable bonds is 0. The van der Waals surface area contributed by atoms with Crippen LogP contribution in [0.1, 0.15) is 18.6 Å². The van der Waals surface area contributed by atoms with E-state index in [0.29, 0.717) is 0 Å². The Balaban J connectivity index is 0.000000253. The summed E-state index contributed by atoms with van der Waals surface area (Å²) in [7, 11) is 0. The maximum Gasteiger partial charge on any atom is -0.0115 e. The maximum atomic E-state index is 2.77. The fourth-order valence-corrected chi connectivity index (χ4v) is 0.966. The molecule has 78 valence electrons. The van der Waals surface area contributed by atoms with Crippen LogP contribution in [0, 0.1) is 26.0 Å². The van der Waals surface area contributed by atoms with Crippen molar-refractivity contribution in [1.29, 1.82) is 0 Å². The van der Waals surface area contributed by atoms with E-state index < -0.39 is 0 Å². The lowest BCUT2D eigenvalue weighted by atomic mass is 10.1. The average Bonchev–Trinajstić information content (AvgIpc) is 2.26. The first-order valence-corrected chi connectivity index (χ1v) is 4.65. The van der Waals surface area contributed by atoms with Crippen LogP contribution in [-0.2, 0) is 0 Å². The zero-order chi connectivity index (χ0) is 10.2. The highest BCUT2D eigenvalue weighted by molar-refractivity contribution is 5.23. The van der Waals surface area contributed by atoms with Crippen molar-refractivity contribution in [1.82, 2.24) is 0 Å². The predicted molar refractivity (Wildman–Crippen MR) is 66.8 cm³/mol. The van der Waals surface area contributed by atoms with Crippen LogP contribution in [0.15, 0.2) is 48.5 Å². The summed E-state index contributed by atoms with van der Waals surface area (Å²) in [4.78, 5) is 0. The largest absolute Gasteiger partial charge is 0.0776 e. The first-order valence-electron chi connectivity index (χ1n) is 4.65. The predicted octanol–water partition coefficient (Wildman–Crippen LogP) is 4.23. The highest BCUT2D eigenvalue weighted by atomic mass is 13.9. The average molecular weight is 198 g/mol. The molecule has 0 bridgehead atoms. The summed E-state index contributed by atoms with van der Waals surface area (Å²) in [6.45, 7) is 4.24. The lowest BCUT2D eigenvalue weighted by Crippen LogP contribution is -1.74. The maximum absolute atomic E-state index is 2.77. The van der Waals surface area contributed by atoms with Crippen LogP contribution in [0.4, 0.5) is 0 Å². The molecule has 0 fully saturated rings. The van der Waals surface area contributed by atoms with Crippen molar-refractivity contribution in [3.63, 3.8) is 0 Å². The molecule has 0 heteroatoms. The summed E-state index contributed by atoms with van der Waals surface area (Å²) in [6.07, 6.45) is 0. The molecule has 15 heavy (non-hydrogen) atoms. The normalized spacial score (nSPS) is 7.60. The lowest BCUT2D eigenvalue weighted by Gasteiger charge is -1.93. The minimum atomic E-state index is 0. The second-order valence-corrected chi connectivity index (χ2v) is 3.09. The van der Waals surface area contributed by atoms with E-state index in [2.05, 4.69) is 50.2 Å². The quantitative estimate of drug-likeness (QED) is 0.594. The Morgan fingerprint density at radius 2 is 1.13 bits per heavy atom. The second kappa shape index (κ2) is 7.64. The summed E-state index contributed by atoms with van der Waals surface area (Å²) in [5.74, 6) is 0. The van der Waals surface area contributed by atoms with Crippen molar-refractivity contribution in [3.8, 4) is 0 Å². The molecule has 2 aromatic rings. The summed E-state index contributed by atoms with van der Waals surface area (Å²) in [6, 6.07) is 21.4. The molecule has 0 unspecified atom stereocenters. The Kier molecular flexibility index (Phi) is 6.76. The number of hydrogen-bond donors (Lipinski definition) is 0. The van der Waals surface area contributed by atoms with Gasteiger partial charge in [-0.05, 0) is 37.1 Å². The van der Waals surface area contributed by atoms with Crippen molar-refractivity contribution >= 4 is 0 Å². The van der Waals surface area contributed by atoms with Crippen molar-refractivity contribution in [2.45, 2.75) is 21.3 Å². The molecule has 0 amide bonds. The lowest BCUT2D eigenvalue weighted by molar-refractivity contribution is 1.34. The van der Waals surface area contributed by atoms with Crippen molar-refractivity contribution in [3.05, 3.63) is 71.8 Å².